The summed E-state index contributed by atoms with van der Waals surface area (Å²) in [6.07, 6.45) is 6.87. The highest BCUT2D eigenvalue weighted by molar-refractivity contribution is 14.1. The molecule has 1 unspecified atom stereocenters. The summed E-state index contributed by atoms with van der Waals surface area (Å²) in [5, 5.41) is 0. The molecule has 0 saturated carbocycles. The summed E-state index contributed by atoms with van der Waals surface area (Å²) < 4.78 is 0.316. The van der Waals surface area contributed by atoms with Crippen molar-refractivity contribution >= 4 is 22.6 Å². The number of alkyl halides is 1. The highest BCUT2D eigenvalue weighted by Crippen LogP contribution is 2.03. The fourth-order valence-electron chi connectivity index (χ4n) is 0.337. The van der Waals surface area contributed by atoms with Gasteiger partial charge in [-0.3, -0.25) is 0 Å². The van der Waals surface area contributed by atoms with Gasteiger partial charge in [-0.05, 0) is 6.08 Å². The molecule has 0 fully saturated rings. The second kappa shape index (κ2) is 5.34. The maximum absolute atomic E-state index is 5.39. The summed E-state index contributed by atoms with van der Waals surface area (Å²) in [5.41, 5.74) is 11.1. The maximum atomic E-state index is 5.39. The molecule has 56 valence electrons. The Kier molecular flexibility index (Phi) is 5.10. The zero-order chi connectivity index (χ0) is 7.98. The van der Waals surface area contributed by atoms with Crippen LogP contribution < -0.4 is 11.5 Å². The van der Waals surface area contributed by atoms with Gasteiger partial charge in [0.2, 0.25) is 0 Å². The Morgan fingerprint density at radius 2 is 2.20 bits per heavy atom. The highest BCUT2D eigenvalue weighted by atomic mass is 127. The van der Waals surface area contributed by atoms with E-state index in [2.05, 4.69) is 29.2 Å². The van der Waals surface area contributed by atoms with Gasteiger partial charge in [0.25, 0.3) is 0 Å². The third-order valence-corrected chi connectivity index (χ3v) is 1.81. The van der Waals surface area contributed by atoms with Gasteiger partial charge in [0, 0.05) is 15.8 Å². The lowest BCUT2D eigenvalue weighted by Crippen LogP contribution is -1.97. The molecule has 3 heteroatoms. The Labute approximate surface area is 74.8 Å². The Bertz CT molecular complexity index is 161. The number of nitrogens with two attached hydrogens (primary N) is 2. The van der Waals surface area contributed by atoms with Crippen molar-refractivity contribution in [1.82, 2.24) is 0 Å². The lowest BCUT2D eigenvalue weighted by molar-refractivity contribution is 1.34. The van der Waals surface area contributed by atoms with Crippen LogP contribution in [0.1, 0.15) is 0 Å². The van der Waals surface area contributed by atoms with Gasteiger partial charge in [0.1, 0.15) is 0 Å². The van der Waals surface area contributed by atoms with E-state index in [0.29, 0.717) is 9.62 Å². The van der Waals surface area contributed by atoms with Crippen molar-refractivity contribution in [3.05, 3.63) is 36.7 Å². The Morgan fingerprint density at radius 1 is 1.60 bits per heavy atom. The molecule has 0 amide bonds. The molecule has 0 aliphatic heterocycles. The Hall–Kier alpha value is -0.450. The second-order valence-electron chi connectivity index (χ2n) is 1.71. The molecule has 0 radical (unpaired) electrons. The van der Waals surface area contributed by atoms with Crippen molar-refractivity contribution in [1.29, 1.82) is 0 Å². The van der Waals surface area contributed by atoms with Crippen LogP contribution in [0.2, 0.25) is 0 Å². The molecule has 0 heterocycles. The van der Waals surface area contributed by atoms with Crippen LogP contribution in [-0.2, 0) is 0 Å². The molecular formula is C7H11IN2. The quantitative estimate of drug-likeness (QED) is 0.343. The van der Waals surface area contributed by atoms with E-state index in [0.717, 1.165) is 0 Å². The van der Waals surface area contributed by atoms with E-state index in [1.807, 2.05) is 12.2 Å². The molecule has 1 atom stereocenters. The van der Waals surface area contributed by atoms with Gasteiger partial charge in [-0.1, -0.05) is 34.7 Å². The molecule has 4 N–H and O–H groups in total. The van der Waals surface area contributed by atoms with Crippen LogP contribution in [0.25, 0.3) is 0 Å². The average molecular weight is 250 g/mol. The molecule has 0 saturated heterocycles. The first-order chi connectivity index (χ1) is 4.70. The van der Waals surface area contributed by atoms with Gasteiger partial charge in [0.15, 0.2) is 0 Å². The Morgan fingerprint density at radius 3 is 2.60 bits per heavy atom. The largest absolute Gasteiger partial charge is 0.403 e. The van der Waals surface area contributed by atoms with Gasteiger partial charge in [-0.15, -0.1) is 6.58 Å². The van der Waals surface area contributed by atoms with Crippen molar-refractivity contribution in [3.63, 3.8) is 0 Å². The molecule has 0 bridgehead atoms. The first-order valence-corrected chi connectivity index (χ1v) is 4.07. The highest BCUT2D eigenvalue weighted by Gasteiger charge is 1.87. The molecule has 0 spiro atoms. The average Bonchev–Trinajstić information content (AvgIpc) is 1.99. The van der Waals surface area contributed by atoms with Crippen molar-refractivity contribution in [2.75, 3.05) is 0 Å². The van der Waals surface area contributed by atoms with Crippen LogP contribution in [0, 0.1) is 0 Å². The topological polar surface area (TPSA) is 52.0 Å². The smallest absolute Gasteiger partial charge is 0.0470 e. The molecular weight excluding hydrogens is 239 g/mol. The summed E-state index contributed by atoms with van der Waals surface area (Å²) in [7, 11) is 0. The number of hydrogen-bond donors (Lipinski definition) is 2. The van der Waals surface area contributed by atoms with Crippen molar-refractivity contribution in [3.8, 4) is 0 Å². The van der Waals surface area contributed by atoms with E-state index in [9.17, 15) is 0 Å². The minimum Gasteiger partial charge on any atom is -0.403 e. The van der Waals surface area contributed by atoms with E-state index in [-0.39, 0.29) is 0 Å². The van der Waals surface area contributed by atoms with Crippen molar-refractivity contribution in [2.45, 2.75) is 3.92 Å². The lowest BCUT2D eigenvalue weighted by Gasteiger charge is -1.93. The van der Waals surface area contributed by atoms with Gasteiger partial charge in [-0.2, -0.15) is 0 Å². The van der Waals surface area contributed by atoms with E-state index in [1.54, 1.807) is 6.08 Å². The third kappa shape index (κ3) is 4.43. The van der Waals surface area contributed by atoms with Gasteiger partial charge >= 0.3 is 0 Å². The standard InChI is InChI=1S/C7H11IN2/c1-2-6(8)3-4-7(10)5-9/h2-6H,1,9-10H2/b4-3?,7-5+. The number of allylic oxidation sites excluding steroid dienone is 3. The summed E-state index contributed by atoms with van der Waals surface area (Å²) >= 11 is 2.23. The number of rotatable bonds is 3. The third-order valence-electron chi connectivity index (χ3n) is 0.890. The van der Waals surface area contributed by atoms with Crippen LogP contribution in [-0.4, -0.2) is 3.92 Å². The SMILES string of the molecule is C=CC(I)C=C/C(N)=C\N. The number of hydrogen-bond acceptors (Lipinski definition) is 2. The first-order valence-electron chi connectivity index (χ1n) is 2.83. The minimum absolute atomic E-state index is 0.316. The molecule has 0 aliphatic carbocycles. The molecule has 0 aromatic carbocycles. The lowest BCUT2D eigenvalue weighted by atomic mass is 10.3. The van der Waals surface area contributed by atoms with Gasteiger partial charge in [-0.25, -0.2) is 0 Å². The second-order valence-corrected chi connectivity index (χ2v) is 3.14. The van der Waals surface area contributed by atoms with Crippen LogP contribution in [0.5, 0.6) is 0 Å². The summed E-state index contributed by atoms with van der Waals surface area (Å²) in [6.45, 7) is 3.61. The van der Waals surface area contributed by atoms with E-state index in [4.69, 9.17) is 11.5 Å². The van der Waals surface area contributed by atoms with E-state index in [1.165, 1.54) is 6.20 Å². The van der Waals surface area contributed by atoms with Crippen molar-refractivity contribution in [2.24, 2.45) is 11.5 Å². The van der Waals surface area contributed by atoms with E-state index < -0.39 is 0 Å². The van der Waals surface area contributed by atoms with Crippen LogP contribution in [0.3, 0.4) is 0 Å². The number of halogens is 1. The van der Waals surface area contributed by atoms with Crippen LogP contribution in [0.4, 0.5) is 0 Å². The zero-order valence-corrected chi connectivity index (χ0v) is 7.78. The molecule has 0 aromatic rings. The Balaban J connectivity index is 3.86. The van der Waals surface area contributed by atoms with Gasteiger partial charge < -0.3 is 11.5 Å². The predicted molar refractivity (Wildman–Crippen MR) is 53.6 cm³/mol. The normalized spacial score (nSPS) is 15.5. The fourth-order valence-corrected chi connectivity index (χ4v) is 0.545. The molecule has 0 rings (SSSR count). The van der Waals surface area contributed by atoms with Crippen LogP contribution in [0.15, 0.2) is 36.7 Å². The van der Waals surface area contributed by atoms with E-state index >= 15 is 0 Å². The van der Waals surface area contributed by atoms with Crippen molar-refractivity contribution < 1.29 is 0 Å². The summed E-state index contributed by atoms with van der Waals surface area (Å²) in [5.74, 6) is 0. The van der Waals surface area contributed by atoms with Gasteiger partial charge in [0.05, 0.1) is 0 Å². The molecule has 0 aliphatic rings. The van der Waals surface area contributed by atoms with Crippen LogP contribution >= 0.6 is 22.6 Å². The summed E-state index contributed by atoms with van der Waals surface area (Å²) in [4.78, 5) is 0. The predicted octanol–water partition coefficient (Wildman–Crippen LogP) is 1.29. The zero-order valence-electron chi connectivity index (χ0n) is 5.63. The fraction of sp³-hybridized carbons (Fsp3) is 0.143. The maximum Gasteiger partial charge on any atom is 0.0470 e. The first kappa shape index (κ1) is 9.55. The minimum atomic E-state index is 0.316. The summed E-state index contributed by atoms with van der Waals surface area (Å²) in [6, 6.07) is 0. The molecule has 2 nitrogen and oxygen atoms in total. The molecule has 0 aromatic heterocycles. The molecule has 10 heavy (non-hydrogen) atoms. The monoisotopic (exact) mass is 250 g/mol.